The van der Waals surface area contributed by atoms with Crippen molar-refractivity contribution in [2.45, 2.75) is 55.0 Å². The van der Waals surface area contributed by atoms with E-state index >= 15 is 0 Å². The smallest absolute Gasteiger partial charge is 0.339 e. The van der Waals surface area contributed by atoms with Crippen LogP contribution in [-0.4, -0.2) is 22.9 Å². The van der Waals surface area contributed by atoms with Crippen molar-refractivity contribution < 1.29 is 18.7 Å². The molecule has 0 bridgehead atoms. The first kappa shape index (κ1) is 21.6. The summed E-state index contributed by atoms with van der Waals surface area (Å²) in [5, 5.41) is 0. The van der Waals surface area contributed by atoms with Crippen LogP contribution in [0.4, 0.5) is 0 Å². The molecule has 3 aromatic rings. The van der Waals surface area contributed by atoms with Crippen molar-refractivity contribution >= 4 is 11.8 Å². The maximum absolute atomic E-state index is 12.8. The van der Waals surface area contributed by atoms with Gasteiger partial charge in [-0.2, -0.15) is 0 Å². The largest absolute Gasteiger partial charge is 0.467 e. The molecule has 2 aromatic heterocycles. The molecule has 0 atom stereocenters. The van der Waals surface area contributed by atoms with E-state index in [9.17, 15) is 9.59 Å². The zero-order valence-electron chi connectivity index (χ0n) is 18.8. The Morgan fingerprint density at radius 3 is 2.10 bits per heavy atom. The number of rotatable bonds is 6. The molecule has 0 radical (unpaired) electrons. The first-order valence-corrected chi connectivity index (χ1v) is 10.1. The zero-order chi connectivity index (χ0) is 22.2. The number of ketones is 1. The lowest BCUT2D eigenvalue weighted by Crippen LogP contribution is -2.18. The Balaban J connectivity index is 1.78. The SMILES string of the molecule is Cc1c(C)c(C)c(C(=O)OCC(=O)c2cc(C)n(Cc3ccco3)c2C)c(C)c1C. The number of carbonyl (C=O) groups excluding carboxylic acids is 2. The number of Topliss-reactive ketones (excluding diaryl/α,β-unsaturated/α-hetero) is 1. The van der Waals surface area contributed by atoms with Crippen LogP contribution in [0.2, 0.25) is 0 Å². The second kappa shape index (κ2) is 8.34. The Kier molecular flexibility index (Phi) is 6.01. The predicted octanol–water partition coefficient (Wildman–Crippen LogP) is 5.33. The molecule has 1 aromatic carbocycles. The molecule has 158 valence electrons. The third kappa shape index (κ3) is 3.84. The molecule has 0 N–H and O–H groups in total. The number of ether oxygens (including phenoxy) is 1. The average Bonchev–Trinajstić information content (AvgIpc) is 3.33. The predicted molar refractivity (Wildman–Crippen MR) is 116 cm³/mol. The lowest BCUT2D eigenvalue weighted by molar-refractivity contribution is 0.0473. The zero-order valence-corrected chi connectivity index (χ0v) is 18.8. The van der Waals surface area contributed by atoms with Gasteiger partial charge in [-0.1, -0.05) is 0 Å². The summed E-state index contributed by atoms with van der Waals surface area (Å²) >= 11 is 0. The Hall–Kier alpha value is -3.08. The molecule has 30 heavy (non-hydrogen) atoms. The number of carbonyl (C=O) groups is 2. The topological polar surface area (TPSA) is 61.4 Å². The molecule has 0 saturated heterocycles. The Morgan fingerprint density at radius 1 is 0.933 bits per heavy atom. The van der Waals surface area contributed by atoms with Gasteiger partial charge in [-0.05, 0) is 94.5 Å². The van der Waals surface area contributed by atoms with E-state index in [1.807, 2.05) is 64.3 Å². The molecule has 0 spiro atoms. The molecular weight excluding hydrogens is 378 g/mol. The van der Waals surface area contributed by atoms with Gasteiger partial charge in [-0.3, -0.25) is 4.79 Å². The van der Waals surface area contributed by atoms with Crippen LogP contribution < -0.4 is 0 Å². The minimum Gasteiger partial charge on any atom is -0.467 e. The summed E-state index contributed by atoms with van der Waals surface area (Å²) in [7, 11) is 0. The molecular formula is C25H29NO4. The normalized spacial score (nSPS) is 11.0. The van der Waals surface area contributed by atoms with Crippen molar-refractivity contribution in [3.63, 3.8) is 0 Å². The van der Waals surface area contributed by atoms with Crippen molar-refractivity contribution in [3.8, 4) is 0 Å². The van der Waals surface area contributed by atoms with E-state index in [2.05, 4.69) is 6.92 Å². The Labute approximate surface area is 177 Å². The number of benzene rings is 1. The van der Waals surface area contributed by atoms with Gasteiger partial charge in [0.2, 0.25) is 5.78 Å². The van der Waals surface area contributed by atoms with E-state index in [-0.39, 0.29) is 12.4 Å². The number of hydrogen-bond acceptors (Lipinski definition) is 4. The number of furan rings is 1. The summed E-state index contributed by atoms with van der Waals surface area (Å²) in [4.78, 5) is 25.6. The van der Waals surface area contributed by atoms with Gasteiger partial charge in [0.15, 0.2) is 6.61 Å². The van der Waals surface area contributed by atoms with E-state index in [1.54, 1.807) is 6.26 Å². The van der Waals surface area contributed by atoms with Crippen molar-refractivity contribution in [2.75, 3.05) is 6.61 Å². The lowest BCUT2D eigenvalue weighted by Gasteiger charge is -2.17. The van der Waals surface area contributed by atoms with E-state index in [0.717, 1.165) is 39.4 Å². The highest BCUT2D eigenvalue weighted by Crippen LogP contribution is 2.27. The fourth-order valence-corrected chi connectivity index (χ4v) is 3.97. The van der Waals surface area contributed by atoms with Gasteiger partial charge in [-0.15, -0.1) is 0 Å². The van der Waals surface area contributed by atoms with Crippen molar-refractivity contribution in [1.82, 2.24) is 4.57 Å². The monoisotopic (exact) mass is 407 g/mol. The van der Waals surface area contributed by atoms with Gasteiger partial charge in [0.1, 0.15) is 5.76 Å². The van der Waals surface area contributed by atoms with Gasteiger partial charge in [-0.25, -0.2) is 4.79 Å². The lowest BCUT2D eigenvalue weighted by atomic mass is 9.90. The van der Waals surface area contributed by atoms with Crippen molar-refractivity contribution in [1.29, 1.82) is 0 Å². The fourth-order valence-electron chi connectivity index (χ4n) is 3.97. The molecule has 0 aliphatic carbocycles. The van der Waals surface area contributed by atoms with Crippen LogP contribution in [0.25, 0.3) is 0 Å². The molecule has 0 aliphatic rings. The number of aromatic nitrogens is 1. The molecule has 5 nitrogen and oxygen atoms in total. The van der Waals surface area contributed by atoms with E-state index in [4.69, 9.17) is 9.15 Å². The molecule has 3 rings (SSSR count). The molecule has 0 amide bonds. The minimum atomic E-state index is -0.450. The van der Waals surface area contributed by atoms with Crippen LogP contribution in [0, 0.1) is 48.5 Å². The summed E-state index contributed by atoms with van der Waals surface area (Å²) in [5.41, 5.74) is 8.07. The average molecular weight is 408 g/mol. The second-order valence-corrected chi connectivity index (χ2v) is 7.95. The summed E-state index contributed by atoms with van der Waals surface area (Å²) in [6, 6.07) is 5.58. The van der Waals surface area contributed by atoms with Gasteiger partial charge in [0, 0.05) is 17.0 Å². The summed E-state index contributed by atoms with van der Waals surface area (Å²) in [5.74, 6) is 0.158. The molecule has 2 heterocycles. The molecule has 0 unspecified atom stereocenters. The quantitative estimate of drug-likeness (QED) is 0.409. The van der Waals surface area contributed by atoms with Crippen LogP contribution in [0.3, 0.4) is 0 Å². The Bertz CT molecular complexity index is 1090. The van der Waals surface area contributed by atoms with Gasteiger partial charge < -0.3 is 13.7 Å². The highest BCUT2D eigenvalue weighted by molar-refractivity contribution is 6.01. The molecule has 5 heteroatoms. The van der Waals surface area contributed by atoms with Crippen molar-refractivity contribution in [2.24, 2.45) is 0 Å². The fraction of sp³-hybridized carbons (Fsp3) is 0.360. The summed E-state index contributed by atoms with van der Waals surface area (Å²) in [6.45, 7) is 14.0. The van der Waals surface area contributed by atoms with Crippen molar-refractivity contribution in [3.05, 3.63) is 80.6 Å². The second-order valence-electron chi connectivity index (χ2n) is 7.95. The van der Waals surface area contributed by atoms with Crippen LogP contribution in [0.5, 0.6) is 0 Å². The molecule has 0 aliphatic heterocycles. The summed E-state index contributed by atoms with van der Waals surface area (Å²) in [6.07, 6.45) is 1.63. The molecule has 0 saturated carbocycles. The van der Waals surface area contributed by atoms with Crippen LogP contribution in [0.1, 0.15) is 65.7 Å². The van der Waals surface area contributed by atoms with Gasteiger partial charge in [0.25, 0.3) is 0 Å². The first-order valence-electron chi connectivity index (χ1n) is 10.1. The highest BCUT2D eigenvalue weighted by atomic mass is 16.5. The first-order chi connectivity index (χ1) is 14.1. The van der Waals surface area contributed by atoms with E-state index < -0.39 is 5.97 Å². The maximum Gasteiger partial charge on any atom is 0.339 e. The third-order valence-electron chi connectivity index (χ3n) is 6.31. The highest BCUT2D eigenvalue weighted by Gasteiger charge is 2.22. The van der Waals surface area contributed by atoms with Crippen LogP contribution >= 0.6 is 0 Å². The van der Waals surface area contributed by atoms with Crippen LogP contribution in [-0.2, 0) is 11.3 Å². The number of nitrogens with zero attached hydrogens (tertiary/aromatic N) is 1. The standard InChI is InChI=1S/C25H29NO4/c1-14-11-22(20(7)26(14)12-21-9-8-10-29-21)23(27)13-30-25(28)24-18(5)16(3)15(2)17(4)19(24)6/h8-11H,12-13H2,1-7H3. The van der Waals surface area contributed by atoms with Crippen LogP contribution in [0.15, 0.2) is 28.9 Å². The number of esters is 1. The van der Waals surface area contributed by atoms with Gasteiger partial charge >= 0.3 is 5.97 Å². The minimum absolute atomic E-state index is 0.210. The maximum atomic E-state index is 12.8. The Morgan fingerprint density at radius 2 is 1.53 bits per heavy atom. The number of aryl methyl sites for hydroxylation is 1. The third-order valence-corrected chi connectivity index (χ3v) is 6.31. The summed E-state index contributed by atoms with van der Waals surface area (Å²) < 4.78 is 12.9. The van der Waals surface area contributed by atoms with E-state index in [0.29, 0.717) is 17.7 Å². The van der Waals surface area contributed by atoms with E-state index in [1.165, 1.54) is 5.56 Å². The number of hydrogen-bond donors (Lipinski definition) is 0. The molecule has 0 fully saturated rings. The van der Waals surface area contributed by atoms with Gasteiger partial charge in [0.05, 0.1) is 18.4 Å².